The van der Waals surface area contributed by atoms with E-state index in [0.717, 1.165) is 32.4 Å². The molecule has 1 saturated carbocycles. The van der Waals surface area contributed by atoms with Crippen LogP contribution in [0.2, 0.25) is 0 Å². The first-order chi connectivity index (χ1) is 9.59. The molecule has 0 aromatic rings. The van der Waals surface area contributed by atoms with E-state index in [2.05, 4.69) is 13.8 Å². The van der Waals surface area contributed by atoms with Gasteiger partial charge in [-0.2, -0.15) is 0 Å². The van der Waals surface area contributed by atoms with E-state index in [1.165, 1.54) is 19.3 Å². The maximum absolute atomic E-state index is 12.8. The molecule has 3 rings (SSSR count). The Hall–Kier alpha value is -1.06. The Bertz CT molecular complexity index is 403. The van der Waals surface area contributed by atoms with E-state index in [4.69, 9.17) is 0 Å². The van der Waals surface area contributed by atoms with Crippen LogP contribution >= 0.6 is 0 Å². The van der Waals surface area contributed by atoms with E-state index in [1.54, 1.807) is 0 Å². The summed E-state index contributed by atoms with van der Waals surface area (Å²) in [5, 5.41) is 0. The van der Waals surface area contributed by atoms with E-state index in [1.807, 2.05) is 9.80 Å². The SMILES string of the molecule is CC(C)C1C(=O)N2CCCCC2C(=O)N1CC1CCC1. The van der Waals surface area contributed by atoms with Crippen LogP contribution in [0.25, 0.3) is 0 Å². The standard InChI is InChI=1S/C16H26N2O2/c1-11(2)14-16(20)17-9-4-3-8-13(17)15(19)18(14)10-12-6-5-7-12/h11-14H,3-10H2,1-2H3. The second-order valence-electron chi connectivity index (χ2n) is 7.02. The fourth-order valence-electron chi connectivity index (χ4n) is 3.89. The van der Waals surface area contributed by atoms with Gasteiger partial charge in [-0.25, -0.2) is 0 Å². The van der Waals surface area contributed by atoms with Crippen molar-refractivity contribution in [1.82, 2.24) is 9.80 Å². The fraction of sp³-hybridized carbons (Fsp3) is 0.875. The van der Waals surface area contributed by atoms with Crippen LogP contribution in [0.4, 0.5) is 0 Å². The van der Waals surface area contributed by atoms with E-state index in [9.17, 15) is 9.59 Å². The minimum absolute atomic E-state index is 0.161. The minimum Gasteiger partial charge on any atom is -0.329 e. The number of fused-ring (bicyclic) bond motifs is 1. The first-order valence-corrected chi connectivity index (χ1v) is 8.20. The van der Waals surface area contributed by atoms with Crippen molar-refractivity contribution >= 4 is 11.8 Å². The normalized spacial score (nSPS) is 31.6. The third-order valence-corrected chi connectivity index (χ3v) is 5.25. The monoisotopic (exact) mass is 278 g/mol. The molecule has 2 aliphatic heterocycles. The average Bonchev–Trinajstić information content (AvgIpc) is 2.38. The highest BCUT2D eigenvalue weighted by Crippen LogP contribution is 2.33. The van der Waals surface area contributed by atoms with Gasteiger partial charge in [-0.3, -0.25) is 9.59 Å². The highest BCUT2D eigenvalue weighted by atomic mass is 16.2. The number of carbonyl (C=O) groups excluding carboxylic acids is 2. The molecule has 2 amide bonds. The van der Waals surface area contributed by atoms with Crippen LogP contribution in [-0.4, -0.2) is 46.8 Å². The van der Waals surface area contributed by atoms with Crippen molar-refractivity contribution in [2.75, 3.05) is 13.1 Å². The topological polar surface area (TPSA) is 40.6 Å². The summed E-state index contributed by atoms with van der Waals surface area (Å²) in [5.41, 5.74) is 0. The maximum atomic E-state index is 12.8. The Balaban J connectivity index is 1.84. The molecule has 112 valence electrons. The summed E-state index contributed by atoms with van der Waals surface area (Å²) in [6, 6.07) is -0.385. The number of amides is 2. The molecule has 3 aliphatic rings. The molecule has 3 fully saturated rings. The van der Waals surface area contributed by atoms with Gasteiger partial charge in [0.1, 0.15) is 12.1 Å². The van der Waals surface area contributed by atoms with Crippen molar-refractivity contribution in [1.29, 1.82) is 0 Å². The summed E-state index contributed by atoms with van der Waals surface area (Å²) in [4.78, 5) is 29.4. The molecule has 2 saturated heterocycles. The van der Waals surface area contributed by atoms with Gasteiger partial charge in [0, 0.05) is 13.1 Å². The van der Waals surface area contributed by atoms with Crippen molar-refractivity contribution in [3.63, 3.8) is 0 Å². The zero-order chi connectivity index (χ0) is 14.3. The number of hydrogen-bond acceptors (Lipinski definition) is 2. The lowest BCUT2D eigenvalue weighted by molar-refractivity contribution is -0.167. The average molecular weight is 278 g/mol. The molecule has 2 heterocycles. The molecule has 1 aliphatic carbocycles. The molecule has 4 heteroatoms. The Morgan fingerprint density at radius 2 is 1.80 bits per heavy atom. The molecule has 0 aromatic carbocycles. The minimum atomic E-state index is -0.225. The number of rotatable bonds is 3. The second-order valence-corrected chi connectivity index (χ2v) is 7.02. The Labute approximate surface area is 121 Å². The van der Waals surface area contributed by atoms with Gasteiger partial charge in [0.05, 0.1) is 0 Å². The lowest BCUT2D eigenvalue weighted by Gasteiger charge is -2.49. The van der Waals surface area contributed by atoms with Gasteiger partial charge >= 0.3 is 0 Å². The van der Waals surface area contributed by atoms with Gasteiger partial charge in [0.15, 0.2) is 0 Å². The van der Waals surface area contributed by atoms with Gasteiger partial charge < -0.3 is 9.80 Å². The maximum Gasteiger partial charge on any atom is 0.246 e. The number of piperidine rings is 1. The molecule has 0 spiro atoms. The number of carbonyl (C=O) groups is 2. The summed E-state index contributed by atoms with van der Waals surface area (Å²) in [5.74, 6) is 1.25. The quantitative estimate of drug-likeness (QED) is 0.792. The summed E-state index contributed by atoms with van der Waals surface area (Å²) in [7, 11) is 0. The largest absolute Gasteiger partial charge is 0.329 e. The molecule has 2 unspecified atom stereocenters. The van der Waals surface area contributed by atoms with Gasteiger partial charge in [-0.05, 0) is 43.9 Å². The summed E-state index contributed by atoms with van der Waals surface area (Å²) in [6.07, 6.45) is 6.69. The first kappa shape index (κ1) is 13.9. The van der Waals surface area contributed by atoms with E-state index in [0.29, 0.717) is 5.92 Å². The van der Waals surface area contributed by atoms with Crippen molar-refractivity contribution in [3.05, 3.63) is 0 Å². The van der Waals surface area contributed by atoms with Crippen LogP contribution < -0.4 is 0 Å². The molecule has 0 aromatic heterocycles. The fourth-order valence-corrected chi connectivity index (χ4v) is 3.89. The Morgan fingerprint density at radius 3 is 2.40 bits per heavy atom. The van der Waals surface area contributed by atoms with Crippen LogP contribution in [0.3, 0.4) is 0 Å². The predicted molar refractivity (Wildman–Crippen MR) is 77.0 cm³/mol. The number of piperazine rings is 1. The Morgan fingerprint density at radius 1 is 1.05 bits per heavy atom. The molecule has 0 N–H and O–H groups in total. The highest BCUT2D eigenvalue weighted by Gasteiger charge is 2.48. The third kappa shape index (κ3) is 2.23. The molecular formula is C16H26N2O2. The lowest BCUT2D eigenvalue weighted by Crippen LogP contribution is -2.67. The molecule has 0 bridgehead atoms. The second kappa shape index (κ2) is 5.38. The van der Waals surface area contributed by atoms with Gasteiger partial charge in [-0.15, -0.1) is 0 Å². The molecule has 4 nitrogen and oxygen atoms in total. The van der Waals surface area contributed by atoms with Crippen molar-refractivity contribution in [2.24, 2.45) is 11.8 Å². The third-order valence-electron chi connectivity index (χ3n) is 5.25. The number of hydrogen-bond donors (Lipinski definition) is 0. The summed E-state index contributed by atoms with van der Waals surface area (Å²) >= 11 is 0. The van der Waals surface area contributed by atoms with Crippen LogP contribution in [-0.2, 0) is 9.59 Å². The summed E-state index contributed by atoms with van der Waals surface area (Å²) in [6.45, 7) is 5.70. The van der Waals surface area contributed by atoms with Crippen LogP contribution in [0.5, 0.6) is 0 Å². The van der Waals surface area contributed by atoms with Crippen LogP contribution in [0, 0.1) is 11.8 Å². The molecular weight excluding hydrogens is 252 g/mol. The van der Waals surface area contributed by atoms with Gasteiger partial charge in [-0.1, -0.05) is 20.3 Å². The summed E-state index contributed by atoms with van der Waals surface area (Å²) < 4.78 is 0. The van der Waals surface area contributed by atoms with Gasteiger partial charge in [0.25, 0.3) is 0 Å². The lowest BCUT2D eigenvalue weighted by atomic mass is 9.83. The first-order valence-electron chi connectivity index (χ1n) is 8.20. The van der Waals surface area contributed by atoms with Crippen molar-refractivity contribution in [2.45, 2.75) is 64.5 Å². The van der Waals surface area contributed by atoms with Crippen molar-refractivity contribution < 1.29 is 9.59 Å². The van der Waals surface area contributed by atoms with Crippen molar-refractivity contribution in [3.8, 4) is 0 Å². The predicted octanol–water partition coefficient (Wildman–Crippen LogP) is 2.03. The van der Waals surface area contributed by atoms with Crippen LogP contribution in [0.15, 0.2) is 0 Å². The Kier molecular flexibility index (Phi) is 3.74. The highest BCUT2D eigenvalue weighted by molar-refractivity contribution is 5.97. The zero-order valence-electron chi connectivity index (χ0n) is 12.7. The smallest absolute Gasteiger partial charge is 0.246 e. The van der Waals surface area contributed by atoms with E-state index >= 15 is 0 Å². The number of nitrogens with zero attached hydrogens (tertiary/aromatic N) is 2. The molecule has 0 radical (unpaired) electrons. The van der Waals surface area contributed by atoms with E-state index < -0.39 is 0 Å². The zero-order valence-corrected chi connectivity index (χ0v) is 12.7. The van der Waals surface area contributed by atoms with E-state index in [-0.39, 0.29) is 29.8 Å². The van der Waals surface area contributed by atoms with Gasteiger partial charge in [0.2, 0.25) is 11.8 Å². The molecule has 20 heavy (non-hydrogen) atoms. The molecule has 2 atom stereocenters. The van der Waals surface area contributed by atoms with Crippen LogP contribution in [0.1, 0.15) is 52.4 Å².